The van der Waals surface area contributed by atoms with E-state index in [2.05, 4.69) is 74.3 Å². The molecule has 10 heteroatoms. The highest BCUT2D eigenvalue weighted by Gasteiger charge is 2.38. The van der Waals surface area contributed by atoms with Gasteiger partial charge >= 0.3 is 6.18 Å². The van der Waals surface area contributed by atoms with E-state index < -0.39 is 12.0 Å². The van der Waals surface area contributed by atoms with Crippen molar-refractivity contribution in [3.8, 4) is 11.4 Å². The normalized spacial score (nSPS) is 16.7. The first-order valence-corrected chi connectivity index (χ1v) is 12.0. The molecule has 5 rings (SSSR count). The molecule has 37 heavy (non-hydrogen) atoms. The van der Waals surface area contributed by atoms with Crippen molar-refractivity contribution in [2.75, 3.05) is 26.7 Å². The van der Waals surface area contributed by atoms with Crippen molar-refractivity contribution in [1.82, 2.24) is 30.4 Å². The maximum atomic E-state index is 13.4. The van der Waals surface area contributed by atoms with E-state index in [9.17, 15) is 13.2 Å². The van der Waals surface area contributed by atoms with Crippen molar-refractivity contribution in [3.63, 3.8) is 0 Å². The van der Waals surface area contributed by atoms with Crippen molar-refractivity contribution in [2.24, 2.45) is 0 Å². The first-order chi connectivity index (χ1) is 17.9. The number of methoxy groups -OCH3 is 1. The van der Waals surface area contributed by atoms with Gasteiger partial charge in [0.1, 0.15) is 5.75 Å². The Morgan fingerprint density at radius 1 is 1.00 bits per heavy atom. The fraction of sp³-hybridized carbons (Fsp3) is 0.296. The molecule has 0 bridgehead atoms. The highest BCUT2D eigenvalue weighted by Crippen LogP contribution is 2.32. The molecule has 0 spiro atoms. The highest BCUT2D eigenvalue weighted by molar-refractivity contribution is 5.44. The third-order valence-electron chi connectivity index (χ3n) is 6.63. The van der Waals surface area contributed by atoms with E-state index in [0.29, 0.717) is 17.0 Å². The van der Waals surface area contributed by atoms with Crippen LogP contribution in [0, 0.1) is 0 Å². The van der Waals surface area contributed by atoms with Gasteiger partial charge in [-0.25, -0.2) is 0 Å². The zero-order chi connectivity index (χ0) is 25.8. The van der Waals surface area contributed by atoms with Gasteiger partial charge in [0.2, 0.25) is 0 Å². The summed E-state index contributed by atoms with van der Waals surface area (Å²) in [5.74, 6) is -0.420. The molecule has 2 heterocycles. The Morgan fingerprint density at radius 3 is 2.30 bits per heavy atom. The monoisotopic (exact) mass is 508 g/mol. The molecule has 1 atom stereocenters. The standard InChI is InChI=1S/C27H27F3N6O/c1-37-24-13-12-22(36-26(27(28,29)30)32-33-34-36)16-21(24)17-35-15-14-31-23(18-35)25(19-8-4-2-5-9-19)20-10-6-3-7-11-20/h2-13,16,23,25,31H,14-15,17-18H2,1H3/t23-/m0/s1. The average molecular weight is 509 g/mol. The number of nitrogens with one attached hydrogen (secondary N) is 1. The zero-order valence-corrected chi connectivity index (χ0v) is 20.3. The Bertz CT molecular complexity index is 1270. The van der Waals surface area contributed by atoms with Crippen molar-refractivity contribution in [1.29, 1.82) is 0 Å². The minimum atomic E-state index is -4.67. The lowest BCUT2D eigenvalue weighted by Gasteiger charge is -2.38. The van der Waals surface area contributed by atoms with Crippen molar-refractivity contribution < 1.29 is 17.9 Å². The van der Waals surface area contributed by atoms with Gasteiger partial charge in [0, 0.05) is 43.7 Å². The van der Waals surface area contributed by atoms with Gasteiger partial charge in [-0.15, -0.1) is 5.10 Å². The molecule has 192 valence electrons. The number of halogens is 3. The number of nitrogens with zero attached hydrogens (tertiary/aromatic N) is 5. The number of hydrogen-bond donors (Lipinski definition) is 1. The van der Waals surface area contributed by atoms with Crippen molar-refractivity contribution in [2.45, 2.75) is 24.7 Å². The van der Waals surface area contributed by atoms with Crippen LogP contribution in [0.5, 0.6) is 5.75 Å². The summed E-state index contributed by atoms with van der Waals surface area (Å²) in [6.45, 7) is 2.84. The van der Waals surface area contributed by atoms with Crippen LogP contribution in [0.25, 0.3) is 5.69 Å². The topological polar surface area (TPSA) is 68.1 Å². The largest absolute Gasteiger partial charge is 0.496 e. The summed E-state index contributed by atoms with van der Waals surface area (Å²) in [6, 6.07) is 25.8. The van der Waals surface area contributed by atoms with Gasteiger partial charge in [-0.2, -0.15) is 17.9 Å². The fourth-order valence-electron chi connectivity index (χ4n) is 4.99. The lowest BCUT2D eigenvalue weighted by molar-refractivity contribution is -0.146. The predicted octanol–water partition coefficient (Wildman–Crippen LogP) is 4.30. The molecule has 1 N–H and O–H groups in total. The molecule has 0 amide bonds. The number of piperazine rings is 1. The number of hydrogen-bond acceptors (Lipinski definition) is 6. The lowest BCUT2D eigenvalue weighted by atomic mass is 9.84. The van der Waals surface area contributed by atoms with Gasteiger partial charge in [0.15, 0.2) is 0 Å². The Balaban J connectivity index is 1.42. The van der Waals surface area contributed by atoms with E-state index in [1.54, 1.807) is 19.2 Å². The summed E-state index contributed by atoms with van der Waals surface area (Å²) in [5, 5.41) is 13.7. The average Bonchev–Trinajstić information content (AvgIpc) is 3.42. The van der Waals surface area contributed by atoms with E-state index in [4.69, 9.17) is 4.74 Å². The number of rotatable bonds is 7. The Hall–Kier alpha value is -3.76. The maximum Gasteiger partial charge on any atom is 0.453 e. The number of aromatic nitrogens is 4. The molecule has 3 aromatic carbocycles. The minimum Gasteiger partial charge on any atom is -0.496 e. The van der Waals surface area contributed by atoms with Crippen LogP contribution < -0.4 is 10.1 Å². The molecule has 1 fully saturated rings. The molecular weight excluding hydrogens is 481 g/mol. The Labute approximate surface area is 212 Å². The molecule has 0 unspecified atom stereocenters. The van der Waals surface area contributed by atoms with E-state index in [1.165, 1.54) is 17.2 Å². The second-order valence-corrected chi connectivity index (χ2v) is 9.00. The highest BCUT2D eigenvalue weighted by atomic mass is 19.4. The van der Waals surface area contributed by atoms with E-state index in [1.807, 2.05) is 12.1 Å². The molecule has 0 aliphatic carbocycles. The molecule has 0 saturated carbocycles. The number of ether oxygens (including phenoxy) is 1. The van der Waals surface area contributed by atoms with Gasteiger partial charge in [0.25, 0.3) is 5.82 Å². The van der Waals surface area contributed by atoms with Crippen LogP contribution in [0.15, 0.2) is 78.9 Å². The Kier molecular flexibility index (Phi) is 7.20. The van der Waals surface area contributed by atoms with Crippen molar-refractivity contribution in [3.05, 3.63) is 101 Å². The van der Waals surface area contributed by atoms with E-state index >= 15 is 0 Å². The van der Waals surface area contributed by atoms with E-state index in [0.717, 1.165) is 25.2 Å². The number of alkyl halides is 3. The number of benzene rings is 3. The summed E-state index contributed by atoms with van der Waals surface area (Å²) in [4.78, 5) is 2.30. The van der Waals surface area contributed by atoms with Gasteiger partial charge in [0.05, 0.1) is 12.8 Å². The molecule has 4 aromatic rings. The van der Waals surface area contributed by atoms with Crippen LogP contribution in [-0.2, 0) is 12.7 Å². The third kappa shape index (κ3) is 5.50. The second kappa shape index (κ2) is 10.7. The van der Waals surface area contributed by atoms with Crippen LogP contribution >= 0.6 is 0 Å². The minimum absolute atomic E-state index is 0.143. The van der Waals surface area contributed by atoms with Gasteiger partial charge in [-0.3, -0.25) is 4.90 Å². The first kappa shape index (κ1) is 24.9. The lowest BCUT2D eigenvalue weighted by Crippen LogP contribution is -2.52. The van der Waals surface area contributed by atoms with Gasteiger partial charge in [-0.1, -0.05) is 60.7 Å². The molecule has 1 saturated heterocycles. The fourth-order valence-corrected chi connectivity index (χ4v) is 4.99. The van der Waals surface area contributed by atoms with E-state index in [-0.39, 0.29) is 17.6 Å². The van der Waals surface area contributed by atoms with Crippen LogP contribution in [0.2, 0.25) is 0 Å². The van der Waals surface area contributed by atoms with Gasteiger partial charge < -0.3 is 10.1 Å². The van der Waals surface area contributed by atoms with Crippen LogP contribution in [0.1, 0.15) is 28.4 Å². The molecule has 0 radical (unpaired) electrons. The first-order valence-electron chi connectivity index (χ1n) is 12.0. The summed E-state index contributed by atoms with van der Waals surface area (Å²) in [5.41, 5.74) is 3.45. The van der Waals surface area contributed by atoms with Crippen molar-refractivity contribution >= 4 is 0 Å². The molecule has 1 aromatic heterocycles. The smallest absolute Gasteiger partial charge is 0.453 e. The maximum absolute atomic E-state index is 13.4. The summed E-state index contributed by atoms with van der Waals surface area (Å²) in [7, 11) is 1.55. The molecule has 7 nitrogen and oxygen atoms in total. The molecule has 1 aliphatic rings. The zero-order valence-electron chi connectivity index (χ0n) is 20.3. The van der Waals surface area contributed by atoms with Crippen LogP contribution in [-0.4, -0.2) is 57.9 Å². The second-order valence-electron chi connectivity index (χ2n) is 9.00. The quantitative estimate of drug-likeness (QED) is 0.402. The van der Waals surface area contributed by atoms with Gasteiger partial charge in [-0.05, 0) is 39.8 Å². The SMILES string of the molecule is COc1ccc(-n2nnnc2C(F)(F)F)cc1CN1CCN[C@H](C(c2ccccc2)c2ccccc2)C1. The third-order valence-corrected chi connectivity index (χ3v) is 6.63. The van der Waals surface area contributed by atoms with Crippen LogP contribution in [0.3, 0.4) is 0 Å². The molecule has 1 aliphatic heterocycles. The Morgan fingerprint density at radius 2 is 1.68 bits per heavy atom. The summed E-state index contributed by atoms with van der Waals surface area (Å²) in [6.07, 6.45) is -4.67. The van der Waals surface area contributed by atoms with Crippen LogP contribution in [0.4, 0.5) is 13.2 Å². The predicted molar refractivity (Wildman–Crippen MR) is 133 cm³/mol. The molecular formula is C27H27F3N6O. The summed E-state index contributed by atoms with van der Waals surface area (Å²) < 4.78 is 46.4. The number of tetrazole rings is 1. The summed E-state index contributed by atoms with van der Waals surface area (Å²) >= 11 is 0.